The molecule has 0 aliphatic carbocycles. The molecule has 1 aromatic carbocycles. The van der Waals surface area contributed by atoms with Gasteiger partial charge in [-0.25, -0.2) is 4.98 Å². The van der Waals surface area contributed by atoms with Gasteiger partial charge in [0, 0.05) is 17.5 Å². The maximum atomic E-state index is 12.7. The van der Waals surface area contributed by atoms with E-state index in [9.17, 15) is 9.59 Å². The maximum absolute atomic E-state index is 12.7. The number of hydrogen-bond acceptors (Lipinski definition) is 5. The quantitative estimate of drug-likeness (QED) is 0.475. The number of carbonyl (C=O) groups is 1. The van der Waals surface area contributed by atoms with Gasteiger partial charge in [-0.15, -0.1) is 0 Å². The van der Waals surface area contributed by atoms with Gasteiger partial charge in [0.2, 0.25) is 5.91 Å². The predicted molar refractivity (Wildman–Crippen MR) is 116 cm³/mol. The van der Waals surface area contributed by atoms with Gasteiger partial charge in [-0.05, 0) is 29.7 Å². The van der Waals surface area contributed by atoms with Crippen molar-refractivity contribution in [3.05, 3.63) is 51.9 Å². The van der Waals surface area contributed by atoms with Crippen LogP contribution in [0, 0.1) is 0 Å². The number of thioether (sulfide) groups is 2. The van der Waals surface area contributed by atoms with Crippen molar-refractivity contribution in [3.8, 4) is 0 Å². The summed E-state index contributed by atoms with van der Waals surface area (Å²) in [5.74, 6) is 0.607. The highest BCUT2D eigenvalue weighted by Crippen LogP contribution is 2.25. The minimum absolute atomic E-state index is 0.0759. The lowest BCUT2D eigenvalue weighted by atomic mass is 10.1. The molecule has 0 saturated heterocycles. The molecule has 1 heterocycles. The Hall–Kier alpha value is -1.73. The number of aromatic amines is 1. The average molecular weight is 406 g/mol. The molecule has 1 unspecified atom stereocenters. The summed E-state index contributed by atoms with van der Waals surface area (Å²) in [6.45, 7) is 8.24. The fourth-order valence-electron chi connectivity index (χ4n) is 2.49. The van der Waals surface area contributed by atoms with Crippen molar-refractivity contribution in [1.82, 2.24) is 9.97 Å². The Bertz CT molecular complexity index is 821. The first-order valence-electron chi connectivity index (χ1n) is 9.20. The molecule has 1 amide bonds. The molecule has 0 saturated carbocycles. The number of H-pyrrole nitrogens is 1. The molecule has 1 atom stereocenters. The molecular weight excluding hydrogens is 378 g/mol. The first-order valence-corrected chi connectivity index (χ1v) is 11.1. The van der Waals surface area contributed by atoms with Crippen LogP contribution in [0.5, 0.6) is 0 Å². The average Bonchev–Trinajstić information content (AvgIpc) is 2.64. The minimum atomic E-state index is -0.328. The first kappa shape index (κ1) is 21.6. The van der Waals surface area contributed by atoms with Crippen molar-refractivity contribution >= 4 is 35.1 Å². The number of amides is 1. The zero-order chi connectivity index (χ0) is 19.8. The van der Waals surface area contributed by atoms with Crippen LogP contribution in [0.1, 0.15) is 45.4 Å². The number of aryl methyl sites for hydroxylation is 1. The van der Waals surface area contributed by atoms with E-state index < -0.39 is 0 Å². The highest BCUT2D eigenvalue weighted by Gasteiger charge is 2.20. The van der Waals surface area contributed by atoms with E-state index in [1.807, 2.05) is 31.2 Å². The van der Waals surface area contributed by atoms with Gasteiger partial charge >= 0.3 is 0 Å². The number of aromatic nitrogens is 2. The molecule has 0 bridgehead atoms. The van der Waals surface area contributed by atoms with E-state index in [4.69, 9.17) is 0 Å². The van der Waals surface area contributed by atoms with Crippen LogP contribution in [0.3, 0.4) is 0 Å². The molecule has 0 aliphatic rings. The fraction of sp³-hybridized carbons (Fsp3) is 0.450. The van der Waals surface area contributed by atoms with Gasteiger partial charge in [-0.3, -0.25) is 9.59 Å². The monoisotopic (exact) mass is 405 g/mol. The van der Waals surface area contributed by atoms with E-state index in [1.165, 1.54) is 17.8 Å². The van der Waals surface area contributed by atoms with Gasteiger partial charge in [-0.2, -0.15) is 11.8 Å². The van der Waals surface area contributed by atoms with Crippen molar-refractivity contribution in [2.45, 2.75) is 61.9 Å². The van der Waals surface area contributed by atoms with Gasteiger partial charge in [0.1, 0.15) is 0 Å². The minimum Gasteiger partial charge on any atom is -0.325 e. The fourth-order valence-corrected chi connectivity index (χ4v) is 4.07. The molecule has 2 rings (SSSR count). The van der Waals surface area contributed by atoms with Gasteiger partial charge in [0.25, 0.3) is 5.56 Å². The first-order chi connectivity index (χ1) is 12.9. The lowest BCUT2D eigenvalue weighted by Gasteiger charge is -2.16. The number of rotatable bonds is 9. The van der Waals surface area contributed by atoms with Crippen LogP contribution in [0.25, 0.3) is 0 Å². The van der Waals surface area contributed by atoms with Crippen LogP contribution in [0.4, 0.5) is 5.69 Å². The smallest absolute Gasteiger partial charge is 0.251 e. The summed E-state index contributed by atoms with van der Waals surface area (Å²) in [6, 6.07) is 9.34. The summed E-state index contributed by atoms with van der Waals surface area (Å²) >= 11 is 3.04. The molecule has 1 aromatic heterocycles. The number of hydrogen-bond donors (Lipinski definition) is 2. The Labute approximate surface area is 169 Å². The third-order valence-corrected chi connectivity index (χ3v) is 6.29. The zero-order valence-electron chi connectivity index (χ0n) is 16.2. The second-order valence-electron chi connectivity index (χ2n) is 6.42. The lowest BCUT2D eigenvalue weighted by Crippen LogP contribution is -2.26. The third-order valence-electron chi connectivity index (χ3n) is 3.91. The molecule has 2 aromatic rings. The highest BCUT2D eigenvalue weighted by molar-refractivity contribution is 8.00. The van der Waals surface area contributed by atoms with E-state index in [0.717, 1.165) is 23.4 Å². The van der Waals surface area contributed by atoms with E-state index in [-0.39, 0.29) is 16.7 Å². The zero-order valence-corrected chi connectivity index (χ0v) is 17.9. The van der Waals surface area contributed by atoms with Crippen molar-refractivity contribution in [1.29, 1.82) is 0 Å². The molecule has 0 aliphatic heterocycles. The number of nitrogens with zero attached hydrogens (tertiary/aromatic N) is 1. The number of benzene rings is 1. The standard InChI is InChI=1S/C20H27N3O2S2/c1-5-14-9-7-8-10-16(14)22-19(25)17(6-2)27-20-21-15(11-18(24)23-20)12-26-13(3)4/h7-11,13,17H,5-6,12H2,1-4H3,(H,22,25)(H,21,23,24). The Morgan fingerprint density at radius 1 is 1.26 bits per heavy atom. The summed E-state index contributed by atoms with van der Waals surface area (Å²) < 4.78 is 0. The molecule has 2 N–H and O–H groups in total. The largest absolute Gasteiger partial charge is 0.325 e. The van der Waals surface area contributed by atoms with Crippen LogP contribution in [0.15, 0.2) is 40.3 Å². The number of nitrogens with one attached hydrogen (secondary N) is 2. The van der Waals surface area contributed by atoms with Gasteiger partial charge in [0.05, 0.1) is 10.9 Å². The van der Waals surface area contributed by atoms with E-state index in [1.54, 1.807) is 11.8 Å². The van der Waals surface area contributed by atoms with E-state index in [2.05, 4.69) is 36.1 Å². The Balaban J connectivity index is 2.11. The summed E-state index contributed by atoms with van der Waals surface area (Å²) in [4.78, 5) is 32.0. The molecular formula is C20H27N3O2S2. The predicted octanol–water partition coefficient (Wildman–Crippen LogP) is 4.48. The third kappa shape index (κ3) is 6.74. The van der Waals surface area contributed by atoms with Gasteiger partial charge < -0.3 is 10.3 Å². The van der Waals surface area contributed by atoms with Crippen LogP contribution in [0.2, 0.25) is 0 Å². The van der Waals surface area contributed by atoms with Crippen molar-refractivity contribution in [2.24, 2.45) is 0 Å². The number of para-hydroxylation sites is 1. The normalized spacial score (nSPS) is 12.2. The van der Waals surface area contributed by atoms with Gasteiger partial charge in [0.15, 0.2) is 5.16 Å². The molecule has 0 fully saturated rings. The Morgan fingerprint density at radius 3 is 2.67 bits per heavy atom. The van der Waals surface area contributed by atoms with E-state index >= 15 is 0 Å². The van der Waals surface area contributed by atoms with Gasteiger partial charge in [-0.1, -0.05) is 57.7 Å². The van der Waals surface area contributed by atoms with Crippen molar-refractivity contribution in [3.63, 3.8) is 0 Å². The summed E-state index contributed by atoms with van der Waals surface area (Å²) in [5, 5.41) is 3.65. The second kappa shape index (κ2) is 10.6. The summed E-state index contributed by atoms with van der Waals surface area (Å²) in [7, 11) is 0. The molecule has 27 heavy (non-hydrogen) atoms. The summed E-state index contributed by atoms with van der Waals surface area (Å²) in [5.41, 5.74) is 2.50. The molecule has 0 radical (unpaired) electrons. The number of carbonyl (C=O) groups excluding carboxylic acids is 1. The molecule has 5 nitrogen and oxygen atoms in total. The highest BCUT2D eigenvalue weighted by atomic mass is 32.2. The second-order valence-corrected chi connectivity index (χ2v) is 9.17. The van der Waals surface area contributed by atoms with Crippen LogP contribution >= 0.6 is 23.5 Å². The molecule has 146 valence electrons. The molecule has 7 heteroatoms. The lowest BCUT2D eigenvalue weighted by molar-refractivity contribution is -0.115. The topological polar surface area (TPSA) is 74.8 Å². The summed E-state index contributed by atoms with van der Waals surface area (Å²) in [6.07, 6.45) is 1.49. The molecule has 0 spiro atoms. The maximum Gasteiger partial charge on any atom is 0.251 e. The number of anilines is 1. The van der Waals surface area contributed by atoms with Crippen LogP contribution < -0.4 is 10.9 Å². The van der Waals surface area contributed by atoms with Crippen LogP contribution in [-0.4, -0.2) is 26.4 Å². The Morgan fingerprint density at radius 2 is 2.00 bits per heavy atom. The van der Waals surface area contributed by atoms with Crippen molar-refractivity contribution < 1.29 is 4.79 Å². The van der Waals surface area contributed by atoms with Crippen molar-refractivity contribution in [2.75, 3.05) is 5.32 Å². The van der Waals surface area contributed by atoms with Crippen LogP contribution in [-0.2, 0) is 17.0 Å². The SMILES string of the molecule is CCc1ccccc1NC(=O)C(CC)Sc1nc(CSC(C)C)cc(=O)[nH]1. The Kier molecular flexibility index (Phi) is 8.44. The van der Waals surface area contributed by atoms with E-state index in [0.29, 0.717) is 22.6 Å².